The van der Waals surface area contributed by atoms with Crippen LogP contribution in [-0.2, 0) is 13.1 Å². The van der Waals surface area contributed by atoms with Gasteiger partial charge in [0.25, 0.3) is 5.91 Å². The molecule has 0 fully saturated rings. The van der Waals surface area contributed by atoms with Crippen molar-refractivity contribution in [1.82, 2.24) is 19.9 Å². The molecule has 0 saturated heterocycles. The molecule has 0 aliphatic carbocycles. The van der Waals surface area contributed by atoms with Crippen molar-refractivity contribution in [2.45, 2.75) is 13.1 Å². The van der Waals surface area contributed by atoms with Crippen LogP contribution in [0.5, 0.6) is 0 Å². The first-order valence-corrected chi connectivity index (χ1v) is 13.1. The van der Waals surface area contributed by atoms with Gasteiger partial charge in [-0.3, -0.25) is 4.79 Å². The Bertz CT molecular complexity index is 1670. The molecule has 3 amide bonds. The number of aromatic nitrogens is 3. The van der Waals surface area contributed by atoms with Crippen molar-refractivity contribution in [2.75, 3.05) is 10.6 Å². The predicted molar refractivity (Wildman–Crippen MR) is 156 cm³/mol. The molecule has 11 heteroatoms. The summed E-state index contributed by atoms with van der Waals surface area (Å²) in [6.07, 6.45) is 1.70. The lowest BCUT2D eigenvalue weighted by molar-refractivity contribution is 0.0952. The highest BCUT2D eigenvalue weighted by Crippen LogP contribution is 2.30. The number of primary amides is 1. The zero-order chi connectivity index (χ0) is 27.4. The zero-order valence-corrected chi connectivity index (χ0v) is 22.8. The lowest BCUT2D eigenvalue weighted by atomic mass is 10.1. The molecule has 0 aliphatic heterocycles. The van der Waals surface area contributed by atoms with Crippen LogP contribution in [0.4, 0.5) is 16.3 Å². The fourth-order valence-electron chi connectivity index (χ4n) is 4.04. The highest BCUT2D eigenvalue weighted by atomic mass is 79.9. The average molecular weight is 605 g/mol. The van der Waals surface area contributed by atoms with Gasteiger partial charge in [0.2, 0.25) is 0 Å². The van der Waals surface area contributed by atoms with Crippen LogP contribution in [0.2, 0.25) is 5.02 Å². The number of hydrogen-bond donors (Lipinski definition) is 4. The van der Waals surface area contributed by atoms with Crippen molar-refractivity contribution in [2.24, 2.45) is 5.73 Å². The van der Waals surface area contributed by atoms with Crippen LogP contribution in [0.3, 0.4) is 0 Å². The molecule has 5 aromatic rings. The van der Waals surface area contributed by atoms with Crippen LogP contribution in [0.1, 0.15) is 21.5 Å². The number of anilines is 2. The molecule has 9 nitrogen and oxygen atoms in total. The smallest absolute Gasteiger partial charge is 0.316 e. The third-order valence-corrected chi connectivity index (χ3v) is 6.85. The molecular weight excluding hydrogens is 582 g/mol. The van der Waals surface area contributed by atoms with Gasteiger partial charge in [0.1, 0.15) is 5.82 Å². The topological polar surface area (TPSA) is 126 Å². The van der Waals surface area contributed by atoms with Crippen molar-refractivity contribution >= 4 is 56.6 Å². The minimum atomic E-state index is -0.729. The second-order valence-electron chi connectivity index (χ2n) is 8.62. The van der Waals surface area contributed by atoms with E-state index in [9.17, 15) is 9.59 Å². The molecule has 0 saturated carbocycles. The summed E-state index contributed by atoms with van der Waals surface area (Å²) in [4.78, 5) is 28.6. The summed E-state index contributed by atoms with van der Waals surface area (Å²) in [5.74, 6) is 0.451. The van der Waals surface area contributed by atoms with E-state index in [0.717, 1.165) is 32.7 Å². The molecule has 0 aliphatic rings. The molecule has 0 atom stereocenters. The molecule has 196 valence electrons. The highest BCUT2D eigenvalue weighted by Gasteiger charge is 2.14. The highest BCUT2D eigenvalue weighted by molar-refractivity contribution is 9.10. The number of hydrogen-bond acceptors (Lipinski definition) is 5. The van der Waals surface area contributed by atoms with Gasteiger partial charge in [0, 0.05) is 29.7 Å². The van der Waals surface area contributed by atoms with Gasteiger partial charge in [-0.25, -0.2) is 9.78 Å². The first-order chi connectivity index (χ1) is 18.9. The SMILES string of the molecule is NC(=O)Nc1ccccc1C(=O)NCc1ccc(CNc2cc(-c3ccccc3Cl)nc3c(Br)cnn23)cc1. The van der Waals surface area contributed by atoms with Gasteiger partial charge in [-0.1, -0.05) is 66.2 Å². The van der Waals surface area contributed by atoms with E-state index in [1.54, 1.807) is 35.0 Å². The van der Waals surface area contributed by atoms with Gasteiger partial charge in [-0.05, 0) is 45.3 Å². The van der Waals surface area contributed by atoms with Gasteiger partial charge in [0.05, 0.1) is 27.6 Å². The van der Waals surface area contributed by atoms with Gasteiger partial charge in [0.15, 0.2) is 5.65 Å². The molecule has 0 unspecified atom stereocenters. The van der Waals surface area contributed by atoms with E-state index in [1.807, 2.05) is 54.6 Å². The molecule has 0 bridgehead atoms. The number of carbonyl (C=O) groups is 2. The Morgan fingerprint density at radius 3 is 2.38 bits per heavy atom. The van der Waals surface area contributed by atoms with E-state index in [1.165, 1.54) is 0 Å². The maximum atomic E-state index is 12.7. The lowest BCUT2D eigenvalue weighted by Crippen LogP contribution is -2.26. The van der Waals surface area contributed by atoms with Crippen LogP contribution in [0, 0.1) is 0 Å². The van der Waals surface area contributed by atoms with Crippen LogP contribution in [0.15, 0.2) is 89.5 Å². The Hall–Kier alpha value is -4.41. The van der Waals surface area contributed by atoms with Crippen molar-refractivity contribution in [3.8, 4) is 11.3 Å². The van der Waals surface area contributed by atoms with Gasteiger partial charge in [-0.15, -0.1) is 0 Å². The average Bonchev–Trinajstić information content (AvgIpc) is 3.31. The molecule has 2 aromatic heterocycles. The summed E-state index contributed by atoms with van der Waals surface area (Å²) in [7, 11) is 0. The van der Waals surface area contributed by atoms with Crippen molar-refractivity contribution < 1.29 is 9.59 Å². The third-order valence-electron chi connectivity index (χ3n) is 5.96. The number of para-hydroxylation sites is 1. The maximum absolute atomic E-state index is 12.7. The number of halogens is 2. The third kappa shape index (κ3) is 6.02. The fraction of sp³-hybridized carbons (Fsp3) is 0.0714. The summed E-state index contributed by atoms with van der Waals surface area (Å²) in [5, 5.41) is 13.8. The lowest BCUT2D eigenvalue weighted by Gasteiger charge is -2.12. The van der Waals surface area contributed by atoms with Crippen LogP contribution in [-0.4, -0.2) is 26.5 Å². The number of nitrogens with zero attached hydrogens (tertiary/aromatic N) is 3. The summed E-state index contributed by atoms with van der Waals surface area (Å²) in [6, 6.07) is 23.3. The molecular formula is C28H23BrClN7O2. The summed E-state index contributed by atoms with van der Waals surface area (Å²) < 4.78 is 2.51. The van der Waals surface area contributed by atoms with Gasteiger partial charge >= 0.3 is 6.03 Å². The Balaban J connectivity index is 1.27. The Morgan fingerprint density at radius 1 is 0.949 bits per heavy atom. The van der Waals surface area contributed by atoms with Gasteiger partial charge < -0.3 is 21.7 Å². The fourth-order valence-corrected chi connectivity index (χ4v) is 4.62. The molecule has 0 spiro atoms. The Kier molecular flexibility index (Phi) is 7.76. The number of rotatable bonds is 8. The predicted octanol–water partition coefficient (Wildman–Crippen LogP) is 5.84. The second kappa shape index (κ2) is 11.5. The van der Waals surface area contributed by atoms with Crippen LogP contribution in [0.25, 0.3) is 16.9 Å². The van der Waals surface area contributed by atoms with Crippen molar-refractivity contribution in [1.29, 1.82) is 0 Å². The van der Waals surface area contributed by atoms with Crippen molar-refractivity contribution in [3.63, 3.8) is 0 Å². The molecule has 3 aromatic carbocycles. The second-order valence-corrected chi connectivity index (χ2v) is 9.88. The van der Waals surface area contributed by atoms with Crippen LogP contribution >= 0.6 is 27.5 Å². The maximum Gasteiger partial charge on any atom is 0.316 e. The van der Waals surface area contributed by atoms with E-state index >= 15 is 0 Å². The van der Waals surface area contributed by atoms with Gasteiger partial charge in [-0.2, -0.15) is 9.61 Å². The number of carbonyl (C=O) groups excluding carboxylic acids is 2. The molecule has 5 N–H and O–H groups in total. The minimum Gasteiger partial charge on any atom is -0.366 e. The monoisotopic (exact) mass is 603 g/mol. The number of fused-ring (bicyclic) bond motifs is 1. The van der Waals surface area contributed by atoms with E-state index in [0.29, 0.717) is 35.0 Å². The van der Waals surface area contributed by atoms with E-state index in [-0.39, 0.29) is 5.91 Å². The molecule has 2 heterocycles. The number of benzene rings is 3. The molecule has 0 radical (unpaired) electrons. The largest absolute Gasteiger partial charge is 0.366 e. The zero-order valence-electron chi connectivity index (χ0n) is 20.5. The number of nitrogens with two attached hydrogens (primary N) is 1. The molecule has 5 rings (SSSR count). The Labute approximate surface area is 237 Å². The Morgan fingerprint density at radius 2 is 1.64 bits per heavy atom. The standard InChI is InChI=1S/C28H23BrClN7O2/c29-21-16-34-37-25(13-24(35-26(21)37)19-5-1-3-7-22(19)30)32-14-17-9-11-18(12-10-17)15-33-27(38)20-6-2-4-8-23(20)36-28(31)39/h1-13,16,32H,14-15H2,(H,33,38)(H3,31,36,39). The normalized spacial score (nSPS) is 10.8. The van der Waals surface area contributed by atoms with Crippen molar-refractivity contribution in [3.05, 3.63) is 111 Å². The summed E-state index contributed by atoms with van der Waals surface area (Å²) >= 11 is 9.95. The van der Waals surface area contributed by atoms with E-state index in [4.69, 9.17) is 22.3 Å². The van der Waals surface area contributed by atoms with E-state index < -0.39 is 6.03 Å². The number of amides is 3. The summed E-state index contributed by atoms with van der Waals surface area (Å²) in [5.41, 5.74) is 10.1. The summed E-state index contributed by atoms with van der Waals surface area (Å²) in [6.45, 7) is 0.863. The first-order valence-electron chi connectivity index (χ1n) is 11.9. The van der Waals surface area contributed by atoms with Crippen LogP contribution < -0.4 is 21.7 Å². The molecule has 39 heavy (non-hydrogen) atoms. The number of nitrogens with one attached hydrogen (secondary N) is 3. The quantitative estimate of drug-likeness (QED) is 0.177. The van der Waals surface area contributed by atoms with E-state index in [2.05, 4.69) is 37.0 Å². The first kappa shape index (κ1) is 26.2. The minimum absolute atomic E-state index is 0.313. The number of urea groups is 1.